The number of nitrogens with zero attached hydrogens (tertiary/aromatic N) is 1. The second-order valence-electron chi connectivity index (χ2n) is 4.61. The van der Waals surface area contributed by atoms with Crippen LogP contribution in [-0.4, -0.2) is 17.3 Å². The molecule has 0 saturated carbocycles. The van der Waals surface area contributed by atoms with E-state index in [1.165, 1.54) is 0 Å². The molecule has 3 N–H and O–H groups in total. The number of H-pyrrole nitrogens is 1. The molecule has 0 saturated heterocycles. The molecular formula is C14H15N3O2. The second-order valence-corrected chi connectivity index (χ2v) is 4.61. The van der Waals surface area contributed by atoms with E-state index in [0.717, 1.165) is 39.2 Å². The van der Waals surface area contributed by atoms with Crippen molar-refractivity contribution in [1.29, 1.82) is 0 Å². The standard InChI is InChI=1S/C14H15N3O2/c1-7-4-9(18-3)5-10-13(8(2)16-14(7)10)11-6-12(15)19-17-11/h4-6,16H,15H2,1-3H3. The van der Waals surface area contributed by atoms with E-state index in [-0.39, 0.29) is 0 Å². The van der Waals surface area contributed by atoms with Gasteiger partial charge in [0.25, 0.3) is 0 Å². The van der Waals surface area contributed by atoms with E-state index in [0.29, 0.717) is 5.88 Å². The summed E-state index contributed by atoms with van der Waals surface area (Å²) in [4.78, 5) is 3.38. The number of anilines is 1. The molecule has 0 aliphatic carbocycles. The number of nitrogens with one attached hydrogen (secondary N) is 1. The van der Waals surface area contributed by atoms with Crippen LogP contribution in [-0.2, 0) is 0 Å². The van der Waals surface area contributed by atoms with E-state index < -0.39 is 0 Å². The molecule has 2 heterocycles. The molecule has 5 heteroatoms. The number of nitrogen functional groups attached to an aromatic ring is 1. The van der Waals surface area contributed by atoms with Crippen LogP contribution >= 0.6 is 0 Å². The van der Waals surface area contributed by atoms with Crippen molar-refractivity contribution in [3.63, 3.8) is 0 Å². The van der Waals surface area contributed by atoms with Crippen LogP contribution in [0.3, 0.4) is 0 Å². The van der Waals surface area contributed by atoms with Gasteiger partial charge in [-0.1, -0.05) is 5.16 Å². The Hall–Kier alpha value is -2.43. The van der Waals surface area contributed by atoms with E-state index in [1.54, 1.807) is 13.2 Å². The maximum Gasteiger partial charge on any atom is 0.222 e. The first-order chi connectivity index (χ1) is 9.10. The third-order valence-corrected chi connectivity index (χ3v) is 3.29. The Bertz CT molecular complexity index is 755. The van der Waals surface area contributed by atoms with Gasteiger partial charge < -0.3 is 20.0 Å². The molecule has 3 aromatic rings. The van der Waals surface area contributed by atoms with E-state index in [2.05, 4.69) is 10.1 Å². The molecule has 0 fully saturated rings. The summed E-state index contributed by atoms with van der Waals surface area (Å²) in [6.07, 6.45) is 0. The van der Waals surface area contributed by atoms with Gasteiger partial charge >= 0.3 is 0 Å². The summed E-state index contributed by atoms with van der Waals surface area (Å²) in [5.41, 5.74) is 10.6. The lowest BCUT2D eigenvalue weighted by Gasteiger charge is -2.03. The quantitative estimate of drug-likeness (QED) is 0.739. The van der Waals surface area contributed by atoms with Gasteiger partial charge in [0, 0.05) is 28.2 Å². The molecule has 1 aromatic carbocycles. The van der Waals surface area contributed by atoms with Crippen molar-refractivity contribution in [2.75, 3.05) is 12.8 Å². The van der Waals surface area contributed by atoms with Crippen LogP contribution in [0.15, 0.2) is 22.7 Å². The van der Waals surface area contributed by atoms with Gasteiger partial charge in [0.15, 0.2) is 0 Å². The molecule has 98 valence electrons. The second kappa shape index (κ2) is 4.05. The molecule has 0 spiro atoms. The number of fused-ring (bicyclic) bond motifs is 1. The fourth-order valence-electron chi connectivity index (χ4n) is 2.42. The topological polar surface area (TPSA) is 77.1 Å². The molecule has 19 heavy (non-hydrogen) atoms. The first-order valence-electron chi connectivity index (χ1n) is 5.99. The summed E-state index contributed by atoms with van der Waals surface area (Å²) in [6.45, 7) is 4.05. The van der Waals surface area contributed by atoms with E-state index in [4.69, 9.17) is 15.0 Å². The smallest absolute Gasteiger partial charge is 0.222 e. The predicted molar refractivity (Wildman–Crippen MR) is 74.2 cm³/mol. The highest BCUT2D eigenvalue weighted by Gasteiger charge is 2.16. The molecule has 0 atom stereocenters. The van der Waals surface area contributed by atoms with Crippen molar-refractivity contribution in [2.24, 2.45) is 0 Å². The van der Waals surface area contributed by atoms with Crippen LogP contribution < -0.4 is 10.5 Å². The van der Waals surface area contributed by atoms with Gasteiger partial charge in [-0.15, -0.1) is 0 Å². The maximum absolute atomic E-state index is 5.60. The highest BCUT2D eigenvalue weighted by Crippen LogP contribution is 2.35. The lowest BCUT2D eigenvalue weighted by atomic mass is 10.1. The number of hydrogen-bond donors (Lipinski definition) is 2. The van der Waals surface area contributed by atoms with Crippen molar-refractivity contribution < 1.29 is 9.26 Å². The lowest BCUT2D eigenvalue weighted by molar-refractivity contribution is 0.415. The molecule has 0 aliphatic heterocycles. The zero-order valence-corrected chi connectivity index (χ0v) is 11.1. The molecule has 5 nitrogen and oxygen atoms in total. The van der Waals surface area contributed by atoms with Crippen molar-refractivity contribution in [3.8, 4) is 17.0 Å². The fraction of sp³-hybridized carbons (Fsp3) is 0.214. The minimum Gasteiger partial charge on any atom is -0.497 e. The number of rotatable bonds is 2. The van der Waals surface area contributed by atoms with Crippen molar-refractivity contribution in [2.45, 2.75) is 13.8 Å². The van der Waals surface area contributed by atoms with Crippen LogP contribution in [0.2, 0.25) is 0 Å². The largest absolute Gasteiger partial charge is 0.497 e. The minimum absolute atomic E-state index is 0.309. The summed E-state index contributed by atoms with van der Waals surface area (Å²) in [7, 11) is 1.66. The zero-order chi connectivity index (χ0) is 13.6. The third kappa shape index (κ3) is 1.74. The molecule has 0 amide bonds. The molecule has 0 unspecified atom stereocenters. The molecule has 0 aliphatic rings. The fourth-order valence-corrected chi connectivity index (χ4v) is 2.42. The molecule has 2 aromatic heterocycles. The summed E-state index contributed by atoms with van der Waals surface area (Å²) in [5, 5.41) is 5.05. The molecule has 0 radical (unpaired) electrons. The lowest BCUT2D eigenvalue weighted by Crippen LogP contribution is -1.85. The molecule has 0 bridgehead atoms. The average molecular weight is 257 g/mol. The Labute approximate surface area is 110 Å². The van der Waals surface area contributed by atoms with Gasteiger partial charge in [0.05, 0.1) is 7.11 Å². The van der Waals surface area contributed by atoms with Gasteiger partial charge in [-0.05, 0) is 31.5 Å². The minimum atomic E-state index is 0.309. The first-order valence-corrected chi connectivity index (χ1v) is 5.99. The highest BCUT2D eigenvalue weighted by molar-refractivity contribution is 5.99. The highest BCUT2D eigenvalue weighted by atomic mass is 16.5. The number of ether oxygens (including phenoxy) is 1. The zero-order valence-electron chi connectivity index (χ0n) is 11.1. The van der Waals surface area contributed by atoms with Crippen LogP contribution in [0.4, 0.5) is 5.88 Å². The monoisotopic (exact) mass is 257 g/mol. The third-order valence-electron chi connectivity index (χ3n) is 3.29. The van der Waals surface area contributed by atoms with Gasteiger partial charge in [-0.3, -0.25) is 0 Å². The molecule has 3 rings (SSSR count). The Kier molecular flexibility index (Phi) is 2.48. The number of aromatic nitrogens is 2. The van der Waals surface area contributed by atoms with Crippen molar-refractivity contribution in [1.82, 2.24) is 10.1 Å². The van der Waals surface area contributed by atoms with Crippen LogP contribution in [0.25, 0.3) is 22.2 Å². The van der Waals surface area contributed by atoms with Crippen LogP contribution in [0.5, 0.6) is 5.75 Å². The van der Waals surface area contributed by atoms with Crippen LogP contribution in [0, 0.1) is 13.8 Å². The van der Waals surface area contributed by atoms with Gasteiger partial charge in [-0.2, -0.15) is 0 Å². The number of aryl methyl sites for hydroxylation is 2. The van der Waals surface area contributed by atoms with E-state index >= 15 is 0 Å². The number of aromatic amines is 1. The molecular weight excluding hydrogens is 242 g/mol. The van der Waals surface area contributed by atoms with Crippen molar-refractivity contribution >= 4 is 16.8 Å². The predicted octanol–water partition coefficient (Wildman–Crippen LogP) is 3.03. The number of hydrogen-bond acceptors (Lipinski definition) is 4. The van der Waals surface area contributed by atoms with E-state index in [9.17, 15) is 0 Å². The Morgan fingerprint density at radius 3 is 2.68 bits per heavy atom. The summed E-state index contributed by atoms with van der Waals surface area (Å²) < 4.78 is 10.3. The van der Waals surface area contributed by atoms with E-state index in [1.807, 2.05) is 26.0 Å². The Balaban J connectivity index is 2.35. The van der Waals surface area contributed by atoms with Crippen LogP contribution in [0.1, 0.15) is 11.3 Å². The Morgan fingerprint density at radius 2 is 2.05 bits per heavy atom. The average Bonchev–Trinajstić information content (AvgIpc) is 2.92. The number of methoxy groups -OCH3 is 1. The SMILES string of the molecule is COc1cc(C)c2[nH]c(C)c(-c3cc(N)on3)c2c1. The van der Waals surface area contributed by atoms with Gasteiger partial charge in [0.1, 0.15) is 11.4 Å². The van der Waals surface area contributed by atoms with Crippen molar-refractivity contribution in [3.05, 3.63) is 29.5 Å². The van der Waals surface area contributed by atoms with Gasteiger partial charge in [-0.25, -0.2) is 0 Å². The summed E-state index contributed by atoms with van der Waals surface area (Å²) in [6, 6.07) is 5.72. The van der Waals surface area contributed by atoms with Gasteiger partial charge in [0.2, 0.25) is 5.88 Å². The Morgan fingerprint density at radius 1 is 1.26 bits per heavy atom. The maximum atomic E-state index is 5.60. The first kappa shape index (κ1) is 11.6. The summed E-state index contributed by atoms with van der Waals surface area (Å²) >= 11 is 0. The summed E-state index contributed by atoms with van der Waals surface area (Å²) in [5.74, 6) is 1.13. The normalized spacial score (nSPS) is 11.1. The number of nitrogens with two attached hydrogens (primary N) is 1. The number of benzene rings is 1.